The molecule has 2 atom stereocenters. The number of aromatic amines is 1. The molecule has 2 rings (SSSR count). The van der Waals surface area contributed by atoms with E-state index in [0.29, 0.717) is 12.0 Å². The fourth-order valence-electron chi connectivity index (χ4n) is 2.13. The van der Waals surface area contributed by atoms with Gasteiger partial charge in [0.2, 0.25) is 0 Å². The van der Waals surface area contributed by atoms with Crippen LogP contribution in [-0.4, -0.2) is 27.3 Å². The van der Waals surface area contributed by atoms with Gasteiger partial charge in [-0.2, -0.15) is 18.3 Å². The minimum atomic E-state index is -4.43. The highest BCUT2D eigenvalue weighted by atomic mass is 19.4. The first kappa shape index (κ1) is 17.0. The van der Waals surface area contributed by atoms with Crippen molar-refractivity contribution in [2.45, 2.75) is 31.7 Å². The molecule has 0 aliphatic heterocycles. The number of nitrogens with one attached hydrogen (secondary N) is 2. The van der Waals surface area contributed by atoms with E-state index < -0.39 is 29.8 Å². The molecule has 1 aromatic heterocycles. The second kappa shape index (κ2) is 6.82. The van der Waals surface area contributed by atoms with Crippen LogP contribution in [0.25, 0.3) is 0 Å². The van der Waals surface area contributed by atoms with Gasteiger partial charge in [0, 0.05) is 6.20 Å². The van der Waals surface area contributed by atoms with E-state index in [1.807, 2.05) is 0 Å². The van der Waals surface area contributed by atoms with E-state index in [1.54, 1.807) is 6.92 Å². The van der Waals surface area contributed by atoms with Crippen molar-refractivity contribution in [3.63, 3.8) is 0 Å². The summed E-state index contributed by atoms with van der Waals surface area (Å²) in [5, 5.41) is 19.1. The molecule has 0 aliphatic carbocycles. The number of aromatic nitrogens is 2. The molecule has 5 nitrogen and oxygen atoms in total. The number of carbonyl (C=O) groups excluding carboxylic acids is 1. The lowest BCUT2D eigenvalue weighted by Gasteiger charge is -2.23. The zero-order chi connectivity index (χ0) is 17.0. The number of H-pyrrole nitrogens is 1. The maximum atomic E-state index is 12.5. The molecule has 0 aliphatic rings. The summed E-state index contributed by atoms with van der Waals surface area (Å²) in [5.41, 5.74) is -0.249. The molecule has 23 heavy (non-hydrogen) atoms. The van der Waals surface area contributed by atoms with Gasteiger partial charge < -0.3 is 10.4 Å². The predicted octanol–water partition coefficient (Wildman–Crippen LogP) is 2.67. The summed E-state index contributed by atoms with van der Waals surface area (Å²) in [7, 11) is 0. The van der Waals surface area contributed by atoms with Crippen molar-refractivity contribution in [2.75, 3.05) is 0 Å². The number of carbonyl (C=O) groups is 1. The van der Waals surface area contributed by atoms with Crippen LogP contribution in [0, 0.1) is 0 Å². The maximum Gasteiger partial charge on any atom is 0.416 e. The lowest BCUT2D eigenvalue weighted by atomic mass is 9.99. The lowest BCUT2D eigenvalue weighted by Crippen LogP contribution is -2.39. The van der Waals surface area contributed by atoms with Crippen molar-refractivity contribution >= 4 is 5.91 Å². The smallest absolute Gasteiger partial charge is 0.386 e. The minimum absolute atomic E-state index is 0.239. The average molecular weight is 327 g/mol. The van der Waals surface area contributed by atoms with Crippen LogP contribution in [0.3, 0.4) is 0 Å². The molecule has 1 aromatic carbocycles. The van der Waals surface area contributed by atoms with Crippen molar-refractivity contribution in [3.05, 3.63) is 53.3 Å². The second-order valence-corrected chi connectivity index (χ2v) is 5.02. The number of nitrogens with zero attached hydrogens (tertiary/aromatic N) is 1. The molecule has 2 aromatic rings. The van der Waals surface area contributed by atoms with Crippen molar-refractivity contribution in [3.8, 4) is 0 Å². The summed E-state index contributed by atoms with van der Waals surface area (Å²) in [5.74, 6) is -0.444. The third-order valence-corrected chi connectivity index (χ3v) is 3.46. The summed E-state index contributed by atoms with van der Waals surface area (Å²) in [6.45, 7) is 1.76. The molecule has 0 bridgehead atoms. The van der Waals surface area contributed by atoms with Crippen LogP contribution in [0.4, 0.5) is 13.2 Å². The van der Waals surface area contributed by atoms with E-state index in [-0.39, 0.29) is 5.69 Å². The summed E-state index contributed by atoms with van der Waals surface area (Å²) >= 11 is 0. The quantitative estimate of drug-likeness (QED) is 0.790. The molecule has 8 heteroatoms. The number of hydrogen-bond donors (Lipinski definition) is 3. The van der Waals surface area contributed by atoms with E-state index in [2.05, 4.69) is 15.5 Å². The molecule has 0 fully saturated rings. The van der Waals surface area contributed by atoms with Gasteiger partial charge in [0.05, 0.1) is 17.7 Å². The number of halogens is 3. The third kappa shape index (κ3) is 4.10. The van der Waals surface area contributed by atoms with Gasteiger partial charge in [0.25, 0.3) is 5.91 Å². The zero-order valence-corrected chi connectivity index (χ0v) is 12.3. The Kier molecular flexibility index (Phi) is 5.05. The van der Waals surface area contributed by atoms with Crippen LogP contribution in [-0.2, 0) is 6.18 Å². The van der Waals surface area contributed by atoms with Crippen molar-refractivity contribution < 1.29 is 23.1 Å². The summed E-state index contributed by atoms with van der Waals surface area (Å²) in [6, 6.07) is 5.07. The van der Waals surface area contributed by atoms with E-state index >= 15 is 0 Å². The van der Waals surface area contributed by atoms with Gasteiger partial charge in [-0.25, -0.2) is 0 Å². The zero-order valence-electron chi connectivity index (χ0n) is 12.3. The normalized spacial score (nSPS) is 14.3. The van der Waals surface area contributed by atoms with Crippen molar-refractivity contribution in [2.24, 2.45) is 0 Å². The van der Waals surface area contributed by atoms with Gasteiger partial charge in [-0.3, -0.25) is 9.89 Å². The van der Waals surface area contributed by atoms with E-state index in [0.717, 1.165) is 12.1 Å². The molecular weight excluding hydrogens is 311 g/mol. The van der Waals surface area contributed by atoms with Gasteiger partial charge in [-0.05, 0) is 30.2 Å². The van der Waals surface area contributed by atoms with E-state index in [9.17, 15) is 23.1 Å². The molecule has 1 heterocycles. The number of hydrogen-bond acceptors (Lipinski definition) is 3. The Hall–Kier alpha value is -2.35. The summed E-state index contributed by atoms with van der Waals surface area (Å²) in [4.78, 5) is 12.0. The first-order chi connectivity index (χ1) is 10.8. The largest absolute Gasteiger partial charge is 0.416 e. The summed E-state index contributed by atoms with van der Waals surface area (Å²) in [6.07, 6.45) is -3.72. The van der Waals surface area contributed by atoms with Crippen LogP contribution >= 0.6 is 0 Å². The Morgan fingerprint density at radius 3 is 2.43 bits per heavy atom. The van der Waals surface area contributed by atoms with Crippen LogP contribution in [0.1, 0.15) is 41.1 Å². The monoisotopic (exact) mass is 327 g/mol. The first-order valence-corrected chi connectivity index (χ1v) is 6.98. The van der Waals surface area contributed by atoms with Crippen LogP contribution in [0.5, 0.6) is 0 Å². The fourth-order valence-corrected chi connectivity index (χ4v) is 2.13. The minimum Gasteiger partial charge on any atom is -0.386 e. The van der Waals surface area contributed by atoms with E-state index in [1.165, 1.54) is 24.4 Å². The van der Waals surface area contributed by atoms with Gasteiger partial charge >= 0.3 is 6.18 Å². The number of rotatable bonds is 5. The molecule has 2 unspecified atom stereocenters. The van der Waals surface area contributed by atoms with Gasteiger partial charge in [-0.1, -0.05) is 19.1 Å². The molecule has 0 saturated heterocycles. The molecule has 0 spiro atoms. The van der Waals surface area contributed by atoms with Gasteiger partial charge in [0.1, 0.15) is 5.69 Å². The number of benzene rings is 1. The van der Waals surface area contributed by atoms with Crippen LogP contribution < -0.4 is 5.32 Å². The molecule has 1 amide bonds. The molecule has 124 valence electrons. The second-order valence-electron chi connectivity index (χ2n) is 5.02. The topological polar surface area (TPSA) is 78.0 Å². The lowest BCUT2D eigenvalue weighted by molar-refractivity contribution is -0.137. The molecule has 3 N–H and O–H groups in total. The number of aliphatic hydroxyl groups is 1. The first-order valence-electron chi connectivity index (χ1n) is 6.98. The van der Waals surface area contributed by atoms with Crippen LogP contribution in [0.15, 0.2) is 36.5 Å². The highest BCUT2D eigenvalue weighted by Crippen LogP contribution is 2.30. The maximum absolute atomic E-state index is 12.5. The Morgan fingerprint density at radius 1 is 1.30 bits per heavy atom. The third-order valence-electron chi connectivity index (χ3n) is 3.46. The summed E-state index contributed by atoms with van der Waals surface area (Å²) < 4.78 is 37.6. The highest BCUT2D eigenvalue weighted by Gasteiger charge is 2.30. The standard InChI is InChI=1S/C15H16F3N3O2/c1-2-11(20-14(23)12-7-8-19-21-12)13(22)9-3-5-10(6-4-9)15(16,17)18/h3-8,11,13,22H,2H2,1H3,(H,19,21)(H,20,23). The Balaban J connectivity index is 2.10. The number of amides is 1. The van der Waals surface area contributed by atoms with Crippen molar-refractivity contribution in [1.82, 2.24) is 15.5 Å². The fraction of sp³-hybridized carbons (Fsp3) is 0.333. The average Bonchev–Trinajstić information content (AvgIpc) is 3.05. The number of alkyl halides is 3. The molecule has 0 saturated carbocycles. The molecule has 0 radical (unpaired) electrons. The molecular formula is C15H16F3N3O2. The van der Waals surface area contributed by atoms with Gasteiger partial charge in [-0.15, -0.1) is 0 Å². The van der Waals surface area contributed by atoms with Crippen molar-refractivity contribution in [1.29, 1.82) is 0 Å². The highest BCUT2D eigenvalue weighted by molar-refractivity contribution is 5.92. The Morgan fingerprint density at radius 2 is 1.96 bits per heavy atom. The van der Waals surface area contributed by atoms with E-state index in [4.69, 9.17) is 0 Å². The predicted molar refractivity (Wildman–Crippen MR) is 76.5 cm³/mol. The van der Waals surface area contributed by atoms with Gasteiger partial charge in [0.15, 0.2) is 0 Å². The Labute approximate surface area is 130 Å². The number of aliphatic hydroxyl groups excluding tert-OH is 1. The SMILES string of the molecule is CCC(NC(=O)c1ccn[nH]1)C(O)c1ccc(C(F)(F)F)cc1. The van der Waals surface area contributed by atoms with Crippen LogP contribution in [0.2, 0.25) is 0 Å². The Bertz CT molecular complexity index is 639.